The maximum absolute atomic E-state index is 12.0. The van der Waals surface area contributed by atoms with Gasteiger partial charge in [-0.1, -0.05) is 12.2 Å². The summed E-state index contributed by atoms with van der Waals surface area (Å²) in [6.45, 7) is 0.380. The number of carbonyl (C=O) groups is 1. The Morgan fingerprint density at radius 2 is 1.75 bits per heavy atom. The second-order valence-electron chi connectivity index (χ2n) is 3.89. The summed E-state index contributed by atoms with van der Waals surface area (Å²) < 4.78 is 15.6. The van der Waals surface area contributed by atoms with Crippen LogP contribution in [0.5, 0.6) is 17.2 Å². The summed E-state index contributed by atoms with van der Waals surface area (Å²) in [5.41, 5.74) is 5.78. The molecule has 6 nitrogen and oxygen atoms in total. The molecule has 1 rings (SSSR count). The summed E-state index contributed by atoms with van der Waals surface area (Å²) in [5.74, 6) is 1.02. The standard InChI is InChI=1S/C13H18N2O4S/c1-17-9-6-8(7-10(18-2)12(9)19-3)13(16)15-5-4-11(14)20/h6-7H,4-5H2,1-3H3,(H2,14,20)(H,15,16). The van der Waals surface area contributed by atoms with E-state index >= 15 is 0 Å². The molecule has 1 amide bonds. The van der Waals surface area contributed by atoms with Crippen molar-refractivity contribution in [2.75, 3.05) is 27.9 Å². The van der Waals surface area contributed by atoms with E-state index in [1.165, 1.54) is 21.3 Å². The van der Waals surface area contributed by atoms with Gasteiger partial charge in [0.15, 0.2) is 11.5 Å². The van der Waals surface area contributed by atoms with Crippen molar-refractivity contribution in [1.82, 2.24) is 5.32 Å². The van der Waals surface area contributed by atoms with E-state index in [9.17, 15) is 4.79 Å². The first-order valence-electron chi connectivity index (χ1n) is 5.90. The minimum atomic E-state index is -0.263. The van der Waals surface area contributed by atoms with Crippen molar-refractivity contribution in [2.24, 2.45) is 5.73 Å². The Balaban J connectivity index is 2.94. The Hall–Kier alpha value is -2.02. The summed E-state index contributed by atoms with van der Waals surface area (Å²) >= 11 is 4.75. The number of hydrogen-bond acceptors (Lipinski definition) is 5. The summed E-state index contributed by atoms with van der Waals surface area (Å²) in [4.78, 5) is 12.4. The van der Waals surface area contributed by atoms with E-state index < -0.39 is 0 Å². The van der Waals surface area contributed by atoms with Crippen LogP contribution in [0.15, 0.2) is 12.1 Å². The quantitative estimate of drug-likeness (QED) is 0.734. The van der Waals surface area contributed by atoms with Gasteiger partial charge in [-0.3, -0.25) is 4.79 Å². The van der Waals surface area contributed by atoms with Gasteiger partial charge in [0.2, 0.25) is 5.75 Å². The summed E-state index contributed by atoms with van der Waals surface area (Å²) in [7, 11) is 4.49. The molecule has 0 aliphatic rings. The molecule has 0 aliphatic carbocycles. The topological polar surface area (TPSA) is 82.8 Å². The lowest BCUT2D eigenvalue weighted by atomic mass is 10.1. The fourth-order valence-electron chi connectivity index (χ4n) is 1.61. The van der Waals surface area contributed by atoms with Crippen LogP contribution in [-0.4, -0.2) is 38.8 Å². The van der Waals surface area contributed by atoms with Crippen LogP contribution in [0, 0.1) is 0 Å². The number of hydrogen-bond donors (Lipinski definition) is 2. The van der Waals surface area contributed by atoms with E-state index in [1.807, 2.05) is 0 Å². The molecule has 0 atom stereocenters. The average molecular weight is 298 g/mol. The highest BCUT2D eigenvalue weighted by atomic mass is 32.1. The van der Waals surface area contributed by atoms with Crippen molar-refractivity contribution in [2.45, 2.75) is 6.42 Å². The molecule has 0 saturated carbocycles. The van der Waals surface area contributed by atoms with Crippen molar-refractivity contribution in [3.8, 4) is 17.2 Å². The number of rotatable bonds is 7. The normalized spacial score (nSPS) is 9.75. The number of thiocarbonyl (C=S) groups is 1. The maximum Gasteiger partial charge on any atom is 0.251 e. The Morgan fingerprint density at radius 3 is 2.15 bits per heavy atom. The van der Waals surface area contributed by atoms with E-state index in [1.54, 1.807) is 12.1 Å². The second-order valence-corrected chi connectivity index (χ2v) is 4.41. The third-order valence-electron chi connectivity index (χ3n) is 2.58. The van der Waals surface area contributed by atoms with Crippen molar-refractivity contribution in [1.29, 1.82) is 0 Å². The van der Waals surface area contributed by atoms with E-state index in [2.05, 4.69) is 5.32 Å². The second kappa shape index (κ2) is 7.54. The molecule has 110 valence electrons. The fraction of sp³-hybridized carbons (Fsp3) is 0.385. The minimum absolute atomic E-state index is 0.263. The molecule has 0 radical (unpaired) electrons. The van der Waals surface area contributed by atoms with Crippen LogP contribution in [0.3, 0.4) is 0 Å². The van der Waals surface area contributed by atoms with Crippen molar-refractivity contribution in [3.63, 3.8) is 0 Å². The number of benzene rings is 1. The molecular weight excluding hydrogens is 280 g/mol. The third kappa shape index (κ3) is 3.99. The Morgan fingerprint density at radius 1 is 1.20 bits per heavy atom. The Kier molecular flexibility index (Phi) is 6.05. The number of carbonyl (C=O) groups excluding carboxylic acids is 1. The average Bonchev–Trinajstić information content (AvgIpc) is 2.44. The first-order valence-corrected chi connectivity index (χ1v) is 6.30. The van der Waals surface area contributed by atoms with Gasteiger partial charge in [-0.05, 0) is 12.1 Å². The third-order valence-corrected chi connectivity index (χ3v) is 2.79. The summed E-state index contributed by atoms with van der Waals surface area (Å²) in [5, 5.41) is 2.71. The zero-order valence-corrected chi connectivity index (χ0v) is 12.5. The molecule has 0 heterocycles. The predicted octanol–water partition coefficient (Wildman–Crippen LogP) is 1.12. The van der Waals surface area contributed by atoms with Crippen LogP contribution in [0.4, 0.5) is 0 Å². The van der Waals surface area contributed by atoms with Crippen molar-refractivity contribution >= 4 is 23.1 Å². The van der Waals surface area contributed by atoms with Crippen LogP contribution in [0.2, 0.25) is 0 Å². The van der Waals surface area contributed by atoms with E-state index in [-0.39, 0.29) is 5.91 Å². The largest absolute Gasteiger partial charge is 0.493 e. The van der Waals surface area contributed by atoms with E-state index in [0.717, 1.165) is 0 Å². The van der Waals surface area contributed by atoms with Gasteiger partial charge in [0.25, 0.3) is 5.91 Å². The molecule has 1 aromatic rings. The number of nitrogens with two attached hydrogens (primary N) is 1. The maximum atomic E-state index is 12.0. The van der Waals surface area contributed by atoms with Crippen molar-refractivity contribution in [3.05, 3.63) is 17.7 Å². The summed E-state index contributed by atoms with van der Waals surface area (Å²) in [6.07, 6.45) is 0.450. The first kappa shape index (κ1) is 16.0. The van der Waals surface area contributed by atoms with Gasteiger partial charge in [-0.25, -0.2) is 0 Å². The lowest BCUT2D eigenvalue weighted by molar-refractivity contribution is 0.0954. The van der Waals surface area contributed by atoms with Crippen molar-refractivity contribution < 1.29 is 19.0 Å². The van der Waals surface area contributed by atoms with E-state index in [4.69, 9.17) is 32.2 Å². The smallest absolute Gasteiger partial charge is 0.251 e. The zero-order chi connectivity index (χ0) is 15.1. The molecule has 0 unspecified atom stereocenters. The van der Waals surface area contributed by atoms with Crippen LogP contribution >= 0.6 is 12.2 Å². The zero-order valence-electron chi connectivity index (χ0n) is 11.7. The molecule has 20 heavy (non-hydrogen) atoms. The molecule has 3 N–H and O–H groups in total. The van der Waals surface area contributed by atoms with Gasteiger partial charge in [-0.15, -0.1) is 0 Å². The number of nitrogens with one attached hydrogen (secondary N) is 1. The van der Waals surface area contributed by atoms with Gasteiger partial charge in [0, 0.05) is 18.5 Å². The molecule has 0 spiro atoms. The Bertz CT molecular complexity index is 480. The molecule has 0 aromatic heterocycles. The van der Waals surface area contributed by atoms with E-state index in [0.29, 0.717) is 40.8 Å². The first-order chi connectivity index (χ1) is 9.53. The molecule has 1 aromatic carbocycles. The SMILES string of the molecule is COc1cc(C(=O)NCCC(N)=S)cc(OC)c1OC. The monoisotopic (exact) mass is 298 g/mol. The number of amides is 1. The van der Waals surface area contributed by atoms with Crippen LogP contribution in [0.1, 0.15) is 16.8 Å². The molecule has 0 fully saturated rings. The lowest BCUT2D eigenvalue weighted by Gasteiger charge is -2.14. The van der Waals surface area contributed by atoms with Crippen LogP contribution in [-0.2, 0) is 0 Å². The lowest BCUT2D eigenvalue weighted by Crippen LogP contribution is -2.27. The number of methoxy groups -OCH3 is 3. The minimum Gasteiger partial charge on any atom is -0.493 e. The molecule has 7 heteroatoms. The molecule has 0 bridgehead atoms. The molecule has 0 aliphatic heterocycles. The molecular formula is C13H18N2O4S. The van der Waals surface area contributed by atoms with Crippen LogP contribution in [0.25, 0.3) is 0 Å². The van der Waals surface area contributed by atoms with Crippen LogP contribution < -0.4 is 25.3 Å². The number of ether oxygens (including phenoxy) is 3. The van der Waals surface area contributed by atoms with Gasteiger partial charge in [0.05, 0.1) is 26.3 Å². The van der Waals surface area contributed by atoms with Gasteiger partial charge < -0.3 is 25.3 Å². The van der Waals surface area contributed by atoms with Gasteiger partial charge in [-0.2, -0.15) is 0 Å². The predicted molar refractivity (Wildman–Crippen MR) is 79.8 cm³/mol. The highest BCUT2D eigenvalue weighted by Gasteiger charge is 2.16. The summed E-state index contributed by atoms with van der Waals surface area (Å²) in [6, 6.07) is 3.16. The van der Waals surface area contributed by atoms with Gasteiger partial charge in [0.1, 0.15) is 0 Å². The highest BCUT2D eigenvalue weighted by Crippen LogP contribution is 2.38. The Labute approximate surface area is 123 Å². The van der Waals surface area contributed by atoms with Gasteiger partial charge >= 0.3 is 0 Å². The fourth-order valence-corrected chi connectivity index (χ4v) is 1.72. The molecule has 0 saturated heterocycles. The highest BCUT2D eigenvalue weighted by molar-refractivity contribution is 7.80.